The molecular formula is C14H21N3. The topological polar surface area (TPSA) is 43.8 Å². The van der Waals surface area contributed by atoms with Gasteiger partial charge in [-0.2, -0.15) is 0 Å². The molecule has 92 valence electrons. The molecule has 1 aromatic heterocycles. The summed E-state index contributed by atoms with van der Waals surface area (Å²) in [6.07, 6.45) is 3.71. The third-order valence-electron chi connectivity index (χ3n) is 3.31. The number of nitrogens with zero attached hydrogens (tertiary/aromatic N) is 2. The summed E-state index contributed by atoms with van der Waals surface area (Å²) < 4.78 is 2.28. The van der Waals surface area contributed by atoms with Crippen molar-refractivity contribution in [2.75, 3.05) is 5.73 Å². The van der Waals surface area contributed by atoms with Crippen molar-refractivity contribution in [3.8, 4) is 0 Å². The van der Waals surface area contributed by atoms with Gasteiger partial charge in [-0.3, -0.25) is 0 Å². The maximum atomic E-state index is 5.98. The molecule has 0 saturated heterocycles. The Labute approximate surface area is 103 Å². The number of aromatic nitrogens is 2. The fourth-order valence-electron chi connectivity index (χ4n) is 2.21. The Bertz CT molecular complexity index is 526. The fourth-order valence-corrected chi connectivity index (χ4v) is 2.21. The molecule has 1 heterocycles. The molecule has 0 saturated carbocycles. The molecule has 0 spiro atoms. The molecule has 0 aliphatic rings. The molecule has 3 nitrogen and oxygen atoms in total. The molecular weight excluding hydrogens is 210 g/mol. The highest BCUT2D eigenvalue weighted by Gasteiger charge is 2.08. The van der Waals surface area contributed by atoms with Crippen molar-refractivity contribution < 1.29 is 0 Å². The Morgan fingerprint density at radius 1 is 1.24 bits per heavy atom. The van der Waals surface area contributed by atoms with E-state index in [0.29, 0.717) is 0 Å². The highest BCUT2D eigenvalue weighted by Crippen LogP contribution is 2.22. The van der Waals surface area contributed by atoms with Gasteiger partial charge in [0.25, 0.3) is 0 Å². The molecule has 0 bridgehead atoms. The summed E-state index contributed by atoms with van der Waals surface area (Å²) in [6.45, 7) is 7.36. The predicted molar refractivity (Wildman–Crippen MR) is 73.1 cm³/mol. The molecule has 2 rings (SSSR count). The van der Waals surface area contributed by atoms with Crippen LogP contribution in [-0.4, -0.2) is 9.55 Å². The lowest BCUT2D eigenvalue weighted by molar-refractivity contribution is 0.602. The Hall–Kier alpha value is -1.51. The summed E-state index contributed by atoms with van der Waals surface area (Å²) in [6, 6.07) is 4.13. The number of benzene rings is 1. The van der Waals surface area contributed by atoms with E-state index in [1.54, 1.807) is 0 Å². The van der Waals surface area contributed by atoms with Crippen LogP contribution in [0.25, 0.3) is 11.0 Å². The molecule has 0 aliphatic heterocycles. The molecule has 0 radical (unpaired) electrons. The van der Waals surface area contributed by atoms with Gasteiger partial charge in [0.1, 0.15) is 5.82 Å². The standard InChI is InChI=1S/C14H21N3/c1-4-5-6-7-17-11(3)16-13-8-10(2)12(15)9-14(13)17/h8-9H,4-7,15H2,1-3H3. The van der Waals surface area contributed by atoms with Gasteiger partial charge in [0.05, 0.1) is 11.0 Å². The van der Waals surface area contributed by atoms with Crippen LogP contribution in [0.4, 0.5) is 5.69 Å². The Morgan fingerprint density at radius 2 is 2.00 bits per heavy atom. The largest absolute Gasteiger partial charge is 0.398 e. The summed E-state index contributed by atoms with van der Waals surface area (Å²) >= 11 is 0. The fraction of sp³-hybridized carbons (Fsp3) is 0.500. The second kappa shape index (κ2) is 4.78. The number of unbranched alkanes of at least 4 members (excludes halogenated alkanes) is 2. The average molecular weight is 231 g/mol. The molecule has 0 unspecified atom stereocenters. The minimum absolute atomic E-state index is 0.856. The molecule has 0 atom stereocenters. The van der Waals surface area contributed by atoms with Crippen molar-refractivity contribution in [2.24, 2.45) is 0 Å². The van der Waals surface area contributed by atoms with Gasteiger partial charge in [-0.05, 0) is 38.0 Å². The number of fused-ring (bicyclic) bond motifs is 1. The second-order valence-corrected chi connectivity index (χ2v) is 4.72. The lowest BCUT2D eigenvalue weighted by atomic mass is 10.2. The van der Waals surface area contributed by atoms with Gasteiger partial charge in [-0.1, -0.05) is 19.8 Å². The predicted octanol–water partition coefficient (Wildman–Crippen LogP) is 3.43. The number of anilines is 1. The van der Waals surface area contributed by atoms with Crippen LogP contribution < -0.4 is 5.73 Å². The third-order valence-corrected chi connectivity index (χ3v) is 3.31. The van der Waals surface area contributed by atoms with Crippen LogP contribution in [0.5, 0.6) is 0 Å². The van der Waals surface area contributed by atoms with Gasteiger partial charge < -0.3 is 10.3 Å². The first kappa shape index (κ1) is 12.0. The summed E-state index contributed by atoms with van der Waals surface area (Å²) in [5, 5.41) is 0. The Kier molecular flexibility index (Phi) is 3.36. The summed E-state index contributed by atoms with van der Waals surface area (Å²) in [7, 11) is 0. The highest BCUT2D eigenvalue weighted by atomic mass is 15.1. The van der Waals surface area contributed by atoms with Crippen molar-refractivity contribution in [1.82, 2.24) is 9.55 Å². The summed E-state index contributed by atoms with van der Waals surface area (Å²) in [5.74, 6) is 1.08. The van der Waals surface area contributed by atoms with Gasteiger partial charge in [-0.25, -0.2) is 4.98 Å². The number of hydrogen-bond acceptors (Lipinski definition) is 2. The van der Waals surface area contributed by atoms with Crippen LogP contribution in [0, 0.1) is 13.8 Å². The SMILES string of the molecule is CCCCCn1c(C)nc2cc(C)c(N)cc21. The zero-order valence-corrected chi connectivity index (χ0v) is 11.0. The van der Waals surface area contributed by atoms with Crippen molar-refractivity contribution in [3.63, 3.8) is 0 Å². The zero-order valence-electron chi connectivity index (χ0n) is 11.0. The van der Waals surface area contributed by atoms with Crippen LogP contribution in [0.1, 0.15) is 37.6 Å². The van der Waals surface area contributed by atoms with Crippen molar-refractivity contribution in [2.45, 2.75) is 46.6 Å². The van der Waals surface area contributed by atoms with E-state index in [2.05, 4.69) is 35.5 Å². The minimum Gasteiger partial charge on any atom is -0.398 e. The molecule has 17 heavy (non-hydrogen) atoms. The number of rotatable bonds is 4. The van der Waals surface area contributed by atoms with Gasteiger partial charge in [-0.15, -0.1) is 0 Å². The molecule has 2 N–H and O–H groups in total. The second-order valence-electron chi connectivity index (χ2n) is 4.72. The van der Waals surface area contributed by atoms with Crippen molar-refractivity contribution >= 4 is 16.7 Å². The van der Waals surface area contributed by atoms with E-state index >= 15 is 0 Å². The van der Waals surface area contributed by atoms with Gasteiger partial charge in [0.15, 0.2) is 0 Å². The van der Waals surface area contributed by atoms with Crippen LogP contribution >= 0.6 is 0 Å². The van der Waals surface area contributed by atoms with Crippen molar-refractivity contribution in [3.05, 3.63) is 23.5 Å². The quantitative estimate of drug-likeness (QED) is 0.647. The highest BCUT2D eigenvalue weighted by molar-refractivity contribution is 5.81. The lowest BCUT2D eigenvalue weighted by Gasteiger charge is -2.07. The minimum atomic E-state index is 0.856. The van der Waals surface area contributed by atoms with E-state index in [4.69, 9.17) is 5.73 Å². The number of aryl methyl sites for hydroxylation is 3. The molecule has 1 aromatic carbocycles. The lowest BCUT2D eigenvalue weighted by Crippen LogP contribution is -2.01. The maximum Gasteiger partial charge on any atom is 0.106 e. The first-order valence-corrected chi connectivity index (χ1v) is 6.36. The number of hydrogen-bond donors (Lipinski definition) is 1. The van der Waals surface area contributed by atoms with Gasteiger partial charge >= 0.3 is 0 Å². The molecule has 0 amide bonds. The van der Waals surface area contributed by atoms with E-state index in [-0.39, 0.29) is 0 Å². The van der Waals surface area contributed by atoms with E-state index in [0.717, 1.165) is 29.1 Å². The molecule has 0 fully saturated rings. The normalized spacial score (nSPS) is 11.2. The van der Waals surface area contributed by atoms with Crippen LogP contribution in [0.15, 0.2) is 12.1 Å². The van der Waals surface area contributed by atoms with E-state index in [1.165, 1.54) is 24.8 Å². The number of nitrogen functional groups attached to an aromatic ring is 1. The molecule has 3 heteroatoms. The van der Waals surface area contributed by atoms with E-state index in [9.17, 15) is 0 Å². The summed E-state index contributed by atoms with van der Waals surface area (Å²) in [5.41, 5.74) is 10.2. The van der Waals surface area contributed by atoms with Crippen LogP contribution in [-0.2, 0) is 6.54 Å². The van der Waals surface area contributed by atoms with Crippen LogP contribution in [0.3, 0.4) is 0 Å². The first-order valence-electron chi connectivity index (χ1n) is 6.36. The number of imidazole rings is 1. The van der Waals surface area contributed by atoms with Crippen molar-refractivity contribution in [1.29, 1.82) is 0 Å². The van der Waals surface area contributed by atoms with E-state index in [1.807, 2.05) is 6.92 Å². The third kappa shape index (κ3) is 2.28. The van der Waals surface area contributed by atoms with Crippen LogP contribution in [0.2, 0.25) is 0 Å². The van der Waals surface area contributed by atoms with E-state index < -0.39 is 0 Å². The summed E-state index contributed by atoms with van der Waals surface area (Å²) in [4.78, 5) is 4.60. The average Bonchev–Trinajstić information content (AvgIpc) is 2.57. The number of nitrogens with two attached hydrogens (primary N) is 1. The van der Waals surface area contributed by atoms with Gasteiger partial charge in [0, 0.05) is 12.2 Å². The Balaban J connectivity index is 2.40. The molecule has 0 aliphatic carbocycles. The smallest absolute Gasteiger partial charge is 0.106 e. The molecule has 2 aromatic rings. The zero-order chi connectivity index (χ0) is 12.4. The maximum absolute atomic E-state index is 5.98. The first-order chi connectivity index (χ1) is 8.13. The Morgan fingerprint density at radius 3 is 2.71 bits per heavy atom. The monoisotopic (exact) mass is 231 g/mol. The van der Waals surface area contributed by atoms with Gasteiger partial charge in [0.2, 0.25) is 0 Å².